The van der Waals surface area contributed by atoms with Gasteiger partial charge in [0, 0.05) is 23.6 Å². The number of aryl methyl sites for hydroxylation is 1. The van der Waals surface area contributed by atoms with Crippen molar-refractivity contribution in [1.82, 2.24) is 9.88 Å². The maximum Gasteiger partial charge on any atom is 0.122 e. The molecule has 0 saturated carbocycles. The molecule has 1 fully saturated rings. The third-order valence-electron chi connectivity index (χ3n) is 6.70. The summed E-state index contributed by atoms with van der Waals surface area (Å²) >= 11 is 0. The second-order valence-electron chi connectivity index (χ2n) is 8.54. The number of benzene rings is 2. The third kappa shape index (κ3) is 3.92. The molecule has 3 aromatic rings. The second kappa shape index (κ2) is 8.21. The van der Waals surface area contributed by atoms with E-state index in [1.54, 1.807) is 0 Å². The van der Waals surface area contributed by atoms with Crippen LogP contribution in [0.1, 0.15) is 47.4 Å². The van der Waals surface area contributed by atoms with Crippen molar-refractivity contribution in [2.75, 3.05) is 26.2 Å². The fourth-order valence-corrected chi connectivity index (χ4v) is 4.93. The van der Waals surface area contributed by atoms with E-state index in [9.17, 15) is 5.11 Å². The van der Waals surface area contributed by atoms with Gasteiger partial charge in [-0.2, -0.15) is 0 Å². The van der Waals surface area contributed by atoms with E-state index in [1.807, 2.05) is 6.07 Å². The van der Waals surface area contributed by atoms with Crippen molar-refractivity contribution in [1.29, 1.82) is 0 Å². The van der Waals surface area contributed by atoms with E-state index >= 15 is 0 Å². The molecule has 2 aliphatic rings. The molecule has 0 unspecified atom stereocenters. The minimum Gasteiger partial charge on any atom is -0.493 e. The quantitative estimate of drug-likeness (QED) is 0.679. The van der Waals surface area contributed by atoms with Crippen molar-refractivity contribution in [2.45, 2.75) is 44.6 Å². The summed E-state index contributed by atoms with van der Waals surface area (Å²) in [5, 5.41) is 10.7. The van der Waals surface area contributed by atoms with Gasteiger partial charge >= 0.3 is 0 Å². The van der Waals surface area contributed by atoms with Gasteiger partial charge in [0.15, 0.2) is 0 Å². The zero-order chi connectivity index (χ0) is 19.6. The molecule has 0 atom stereocenters. The summed E-state index contributed by atoms with van der Waals surface area (Å²) in [6, 6.07) is 13.1. The molecule has 0 bridgehead atoms. The van der Waals surface area contributed by atoms with Crippen LogP contribution in [0.5, 0.6) is 5.75 Å². The number of H-pyrrole nitrogens is 1. The Bertz CT molecular complexity index is 986. The number of nitrogens with zero attached hydrogens (tertiary/aromatic N) is 1. The number of fused-ring (bicyclic) bond motifs is 2. The van der Waals surface area contributed by atoms with Crippen LogP contribution in [0.4, 0.5) is 0 Å². The van der Waals surface area contributed by atoms with Gasteiger partial charge in [-0.3, -0.25) is 0 Å². The van der Waals surface area contributed by atoms with Gasteiger partial charge in [0.25, 0.3) is 0 Å². The molecule has 2 aromatic carbocycles. The normalized spacial score (nSPS) is 18.0. The Labute approximate surface area is 172 Å². The Morgan fingerprint density at radius 1 is 1.10 bits per heavy atom. The molecule has 1 saturated heterocycles. The van der Waals surface area contributed by atoms with E-state index in [4.69, 9.17) is 4.74 Å². The van der Waals surface area contributed by atoms with Gasteiger partial charge in [0.2, 0.25) is 0 Å². The molecule has 0 aliphatic carbocycles. The lowest BCUT2D eigenvalue weighted by Crippen LogP contribution is -2.34. The number of piperidine rings is 1. The van der Waals surface area contributed by atoms with Gasteiger partial charge in [0.05, 0.1) is 13.2 Å². The number of aromatic nitrogens is 1. The number of hydrogen-bond donors (Lipinski definition) is 2. The number of aliphatic hydroxyl groups is 1. The van der Waals surface area contributed by atoms with Crippen LogP contribution in [0.15, 0.2) is 42.6 Å². The molecule has 4 heteroatoms. The van der Waals surface area contributed by atoms with Crippen LogP contribution in [0, 0.1) is 0 Å². The fourth-order valence-electron chi connectivity index (χ4n) is 4.93. The molecule has 29 heavy (non-hydrogen) atoms. The molecule has 1 aromatic heterocycles. The maximum absolute atomic E-state index is 9.42. The Balaban J connectivity index is 1.18. The van der Waals surface area contributed by atoms with Gasteiger partial charge < -0.3 is 19.7 Å². The van der Waals surface area contributed by atoms with E-state index in [-0.39, 0.29) is 6.61 Å². The molecule has 2 N–H and O–H groups in total. The Morgan fingerprint density at radius 3 is 2.86 bits per heavy atom. The van der Waals surface area contributed by atoms with Crippen molar-refractivity contribution >= 4 is 10.9 Å². The van der Waals surface area contributed by atoms with Gasteiger partial charge in [-0.25, -0.2) is 0 Å². The first kappa shape index (κ1) is 18.7. The van der Waals surface area contributed by atoms with Crippen LogP contribution in [-0.2, 0) is 19.4 Å². The van der Waals surface area contributed by atoms with Gasteiger partial charge in [0.1, 0.15) is 5.75 Å². The summed E-state index contributed by atoms with van der Waals surface area (Å²) in [7, 11) is 0. The number of likely N-dealkylation sites (tertiary alicyclic amines) is 1. The highest BCUT2D eigenvalue weighted by atomic mass is 16.5. The van der Waals surface area contributed by atoms with E-state index in [1.165, 1.54) is 48.0 Å². The average molecular weight is 391 g/mol. The lowest BCUT2D eigenvalue weighted by Gasteiger charge is -2.32. The van der Waals surface area contributed by atoms with Gasteiger partial charge in [-0.05, 0) is 91.6 Å². The van der Waals surface area contributed by atoms with E-state index in [0.29, 0.717) is 5.92 Å². The Kier molecular flexibility index (Phi) is 5.30. The predicted molar refractivity (Wildman–Crippen MR) is 117 cm³/mol. The monoisotopic (exact) mass is 390 g/mol. The van der Waals surface area contributed by atoms with Crippen molar-refractivity contribution < 1.29 is 9.84 Å². The minimum absolute atomic E-state index is 0.100. The summed E-state index contributed by atoms with van der Waals surface area (Å²) in [6.07, 6.45) is 7.96. The van der Waals surface area contributed by atoms with Crippen LogP contribution in [0.2, 0.25) is 0 Å². The van der Waals surface area contributed by atoms with Crippen molar-refractivity contribution in [3.63, 3.8) is 0 Å². The smallest absolute Gasteiger partial charge is 0.122 e. The molecule has 0 amide bonds. The third-order valence-corrected chi connectivity index (χ3v) is 6.70. The minimum atomic E-state index is 0.100. The molecule has 3 heterocycles. The maximum atomic E-state index is 9.42. The summed E-state index contributed by atoms with van der Waals surface area (Å²) in [6.45, 7) is 4.40. The number of hydrogen-bond acceptors (Lipinski definition) is 3. The summed E-state index contributed by atoms with van der Waals surface area (Å²) in [4.78, 5) is 5.97. The molecule has 4 nitrogen and oxygen atoms in total. The first-order chi connectivity index (χ1) is 14.3. The Hall–Kier alpha value is -2.30. The van der Waals surface area contributed by atoms with Crippen LogP contribution in [-0.4, -0.2) is 41.2 Å². The Morgan fingerprint density at radius 2 is 2.00 bits per heavy atom. The zero-order valence-corrected chi connectivity index (χ0v) is 17.0. The first-order valence-corrected chi connectivity index (χ1v) is 11.0. The SMILES string of the molecule is OCc1ccc2[nH]cc(CCN3CCC(c4ccc5c(c4)CCCO5)CC3)c2c1. The van der Waals surface area contributed by atoms with Crippen LogP contribution in [0.3, 0.4) is 0 Å². The molecule has 0 radical (unpaired) electrons. The van der Waals surface area contributed by atoms with Crippen LogP contribution < -0.4 is 4.74 Å². The van der Waals surface area contributed by atoms with Crippen LogP contribution >= 0.6 is 0 Å². The lowest BCUT2D eigenvalue weighted by atomic mass is 9.87. The molecule has 2 aliphatic heterocycles. The topological polar surface area (TPSA) is 48.5 Å². The largest absolute Gasteiger partial charge is 0.493 e. The highest BCUT2D eigenvalue weighted by Crippen LogP contribution is 2.33. The highest BCUT2D eigenvalue weighted by Gasteiger charge is 2.22. The molecular formula is C25H30N2O2. The van der Waals surface area contributed by atoms with E-state index in [0.717, 1.165) is 49.2 Å². The summed E-state index contributed by atoms with van der Waals surface area (Å²) < 4.78 is 5.77. The fraction of sp³-hybridized carbons (Fsp3) is 0.440. The summed E-state index contributed by atoms with van der Waals surface area (Å²) in [5.74, 6) is 1.78. The van der Waals surface area contributed by atoms with Crippen molar-refractivity contribution in [2.24, 2.45) is 0 Å². The van der Waals surface area contributed by atoms with Crippen molar-refractivity contribution in [3.8, 4) is 5.75 Å². The zero-order valence-electron chi connectivity index (χ0n) is 17.0. The molecule has 0 spiro atoms. The summed E-state index contributed by atoms with van der Waals surface area (Å²) in [5.41, 5.74) is 6.40. The van der Waals surface area contributed by atoms with Gasteiger partial charge in [-0.1, -0.05) is 18.2 Å². The number of ether oxygens (including phenoxy) is 1. The van der Waals surface area contributed by atoms with E-state index < -0.39 is 0 Å². The standard InChI is InChI=1S/C25H30N2O2/c28-17-18-3-5-24-23(14-18)22(16-26-24)9-12-27-10-7-19(8-11-27)20-4-6-25-21(15-20)2-1-13-29-25/h3-6,14-16,19,26,28H,1-2,7-13,17H2. The van der Waals surface area contributed by atoms with Crippen LogP contribution in [0.25, 0.3) is 10.9 Å². The second-order valence-corrected chi connectivity index (χ2v) is 8.54. The molecular weight excluding hydrogens is 360 g/mol. The first-order valence-electron chi connectivity index (χ1n) is 11.0. The van der Waals surface area contributed by atoms with E-state index in [2.05, 4.69) is 46.4 Å². The van der Waals surface area contributed by atoms with Crippen molar-refractivity contribution in [3.05, 3.63) is 64.8 Å². The number of nitrogens with one attached hydrogen (secondary N) is 1. The number of rotatable bonds is 5. The average Bonchev–Trinajstić information content (AvgIpc) is 3.20. The number of aromatic amines is 1. The molecule has 152 valence electrons. The lowest BCUT2D eigenvalue weighted by molar-refractivity contribution is 0.214. The highest BCUT2D eigenvalue weighted by molar-refractivity contribution is 5.83. The molecule has 5 rings (SSSR count). The predicted octanol–water partition coefficient (Wildman–Crippen LogP) is 4.41. The van der Waals surface area contributed by atoms with Gasteiger partial charge in [-0.15, -0.1) is 0 Å². The number of aliphatic hydroxyl groups excluding tert-OH is 1.